The standard InChI is InChI=1S/C12H20N4O2/c1-12(2,3)18-11(17)14-10-7-9-8-13-5-4-6-16(9)15-10/h7,13H,4-6,8H2,1-3H3,(H,14,15,17). The van der Waals surface area contributed by atoms with Gasteiger partial charge in [0, 0.05) is 19.2 Å². The van der Waals surface area contributed by atoms with E-state index in [1.807, 2.05) is 31.5 Å². The molecule has 100 valence electrons. The van der Waals surface area contributed by atoms with Crippen molar-refractivity contribution in [3.8, 4) is 0 Å². The van der Waals surface area contributed by atoms with Crippen molar-refractivity contribution in [1.82, 2.24) is 15.1 Å². The number of carbonyl (C=O) groups is 1. The van der Waals surface area contributed by atoms with Crippen molar-refractivity contribution in [3.63, 3.8) is 0 Å². The van der Waals surface area contributed by atoms with E-state index in [-0.39, 0.29) is 0 Å². The molecule has 0 aliphatic carbocycles. The molecule has 0 unspecified atom stereocenters. The van der Waals surface area contributed by atoms with E-state index in [2.05, 4.69) is 15.7 Å². The summed E-state index contributed by atoms with van der Waals surface area (Å²) in [5.41, 5.74) is 0.584. The second-order valence-corrected chi connectivity index (χ2v) is 5.40. The van der Waals surface area contributed by atoms with Crippen molar-refractivity contribution in [2.45, 2.75) is 45.9 Å². The van der Waals surface area contributed by atoms with Gasteiger partial charge in [0.25, 0.3) is 0 Å². The van der Waals surface area contributed by atoms with Gasteiger partial charge in [0.05, 0.1) is 5.69 Å². The fourth-order valence-corrected chi connectivity index (χ4v) is 1.83. The van der Waals surface area contributed by atoms with Gasteiger partial charge in [-0.05, 0) is 33.7 Å². The van der Waals surface area contributed by atoms with Gasteiger partial charge in [0.1, 0.15) is 5.60 Å². The predicted octanol–water partition coefficient (Wildman–Crippen LogP) is 1.72. The molecule has 2 N–H and O–H groups in total. The fourth-order valence-electron chi connectivity index (χ4n) is 1.83. The van der Waals surface area contributed by atoms with E-state index in [1.54, 1.807) is 0 Å². The Bertz CT molecular complexity index is 410. The van der Waals surface area contributed by atoms with Crippen LogP contribution < -0.4 is 10.6 Å². The van der Waals surface area contributed by atoms with Gasteiger partial charge in [0.2, 0.25) is 0 Å². The number of aryl methyl sites for hydroxylation is 1. The number of amides is 1. The molecular formula is C12H20N4O2. The Morgan fingerprint density at radius 3 is 3.06 bits per heavy atom. The number of nitrogens with one attached hydrogen (secondary N) is 2. The Morgan fingerprint density at radius 2 is 2.33 bits per heavy atom. The Balaban J connectivity index is 2.00. The molecule has 6 nitrogen and oxygen atoms in total. The van der Waals surface area contributed by atoms with Crippen LogP contribution in [0.15, 0.2) is 6.07 Å². The highest BCUT2D eigenvalue weighted by molar-refractivity contribution is 5.83. The number of carbonyl (C=O) groups excluding carboxylic acids is 1. The zero-order valence-electron chi connectivity index (χ0n) is 11.1. The summed E-state index contributed by atoms with van der Waals surface area (Å²) in [5.74, 6) is 0.544. The lowest BCUT2D eigenvalue weighted by molar-refractivity contribution is 0.0635. The van der Waals surface area contributed by atoms with Crippen molar-refractivity contribution in [2.24, 2.45) is 0 Å². The number of hydrogen-bond acceptors (Lipinski definition) is 4. The maximum Gasteiger partial charge on any atom is 0.413 e. The molecule has 0 atom stereocenters. The summed E-state index contributed by atoms with van der Waals surface area (Å²) < 4.78 is 7.11. The second kappa shape index (κ2) is 4.97. The van der Waals surface area contributed by atoms with Crippen LogP contribution in [0.2, 0.25) is 0 Å². The normalized spacial score (nSPS) is 15.7. The topological polar surface area (TPSA) is 68.2 Å². The largest absolute Gasteiger partial charge is 0.444 e. The van der Waals surface area contributed by atoms with Crippen LogP contribution in [0.4, 0.5) is 10.6 Å². The minimum Gasteiger partial charge on any atom is -0.444 e. The summed E-state index contributed by atoms with van der Waals surface area (Å²) >= 11 is 0. The SMILES string of the molecule is CC(C)(C)OC(=O)Nc1cc2n(n1)CCCNC2. The van der Waals surface area contributed by atoms with Gasteiger partial charge in [-0.2, -0.15) is 5.10 Å². The van der Waals surface area contributed by atoms with Crippen LogP contribution in [0, 0.1) is 0 Å². The molecule has 1 aliphatic heterocycles. The Morgan fingerprint density at radius 1 is 1.56 bits per heavy atom. The first-order valence-corrected chi connectivity index (χ1v) is 6.21. The zero-order valence-corrected chi connectivity index (χ0v) is 11.1. The molecule has 18 heavy (non-hydrogen) atoms. The van der Waals surface area contributed by atoms with Gasteiger partial charge in [-0.3, -0.25) is 10.00 Å². The molecule has 0 radical (unpaired) electrons. The van der Waals surface area contributed by atoms with Crippen LogP contribution in [0.25, 0.3) is 0 Å². The smallest absolute Gasteiger partial charge is 0.413 e. The van der Waals surface area contributed by atoms with Crippen LogP contribution in [-0.2, 0) is 17.8 Å². The highest BCUT2D eigenvalue weighted by Gasteiger charge is 2.18. The molecular weight excluding hydrogens is 232 g/mol. The van der Waals surface area contributed by atoms with Crippen LogP contribution in [0.3, 0.4) is 0 Å². The molecule has 0 aromatic carbocycles. The zero-order chi connectivity index (χ0) is 13.2. The predicted molar refractivity (Wildman–Crippen MR) is 68.4 cm³/mol. The average Bonchev–Trinajstić information content (AvgIpc) is 2.44. The molecule has 1 aliphatic rings. The molecule has 0 spiro atoms. The summed E-state index contributed by atoms with van der Waals surface area (Å²) in [6.45, 7) is 8.15. The van der Waals surface area contributed by atoms with Crippen molar-refractivity contribution in [1.29, 1.82) is 0 Å². The first-order valence-electron chi connectivity index (χ1n) is 6.21. The molecule has 0 saturated carbocycles. The maximum absolute atomic E-state index is 11.6. The lowest BCUT2D eigenvalue weighted by Crippen LogP contribution is -2.27. The molecule has 0 fully saturated rings. The van der Waals surface area contributed by atoms with Crippen molar-refractivity contribution in [3.05, 3.63) is 11.8 Å². The van der Waals surface area contributed by atoms with E-state index in [4.69, 9.17) is 4.74 Å². The third-order valence-corrected chi connectivity index (χ3v) is 2.52. The van der Waals surface area contributed by atoms with Crippen LogP contribution in [0.5, 0.6) is 0 Å². The van der Waals surface area contributed by atoms with E-state index in [1.165, 1.54) is 0 Å². The van der Waals surface area contributed by atoms with E-state index in [0.717, 1.165) is 31.7 Å². The molecule has 2 heterocycles. The minimum atomic E-state index is -0.498. The Kier molecular flexibility index (Phi) is 3.56. The third-order valence-electron chi connectivity index (χ3n) is 2.52. The van der Waals surface area contributed by atoms with Crippen molar-refractivity contribution < 1.29 is 9.53 Å². The van der Waals surface area contributed by atoms with Gasteiger partial charge in [0.15, 0.2) is 5.82 Å². The lowest BCUT2D eigenvalue weighted by Gasteiger charge is -2.19. The number of fused-ring (bicyclic) bond motifs is 1. The van der Waals surface area contributed by atoms with E-state index in [0.29, 0.717) is 5.82 Å². The minimum absolute atomic E-state index is 0.469. The lowest BCUT2D eigenvalue weighted by atomic mass is 10.2. The highest BCUT2D eigenvalue weighted by atomic mass is 16.6. The van der Waals surface area contributed by atoms with Gasteiger partial charge in [-0.25, -0.2) is 4.79 Å². The number of hydrogen-bond donors (Lipinski definition) is 2. The molecule has 0 saturated heterocycles. The summed E-state index contributed by atoms with van der Waals surface area (Å²) in [6.07, 6.45) is 0.573. The summed E-state index contributed by atoms with van der Waals surface area (Å²) in [6, 6.07) is 1.88. The molecule has 2 rings (SSSR count). The second-order valence-electron chi connectivity index (χ2n) is 5.40. The number of aromatic nitrogens is 2. The van der Waals surface area contributed by atoms with E-state index in [9.17, 15) is 4.79 Å². The number of anilines is 1. The van der Waals surface area contributed by atoms with Gasteiger partial charge >= 0.3 is 6.09 Å². The first-order chi connectivity index (χ1) is 8.44. The summed E-state index contributed by atoms with van der Waals surface area (Å²) in [4.78, 5) is 11.6. The van der Waals surface area contributed by atoms with Crippen molar-refractivity contribution in [2.75, 3.05) is 11.9 Å². The van der Waals surface area contributed by atoms with E-state index >= 15 is 0 Å². The van der Waals surface area contributed by atoms with Gasteiger partial charge in [-0.15, -0.1) is 0 Å². The number of nitrogens with zero attached hydrogens (tertiary/aromatic N) is 2. The van der Waals surface area contributed by atoms with E-state index < -0.39 is 11.7 Å². The van der Waals surface area contributed by atoms with Crippen LogP contribution in [0.1, 0.15) is 32.9 Å². The molecule has 0 bridgehead atoms. The van der Waals surface area contributed by atoms with Crippen LogP contribution >= 0.6 is 0 Å². The fraction of sp³-hybridized carbons (Fsp3) is 0.667. The average molecular weight is 252 g/mol. The number of rotatable bonds is 1. The Labute approximate surface area is 107 Å². The summed E-state index contributed by atoms with van der Waals surface area (Å²) in [7, 11) is 0. The summed E-state index contributed by atoms with van der Waals surface area (Å²) in [5, 5.41) is 10.3. The quantitative estimate of drug-likeness (QED) is 0.798. The number of ether oxygens (including phenoxy) is 1. The molecule has 1 aromatic rings. The maximum atomic E-state index is 11.6. The first kappa shape index (κ1) is 12.9. The monoisotopic (exact) mass is 252 g/mol. The molecule has 1 aromatic heterocycles. The van der Waals surface area contributed by atoms with Gasteiger partial charge in [-0.1, -0.05) is 0 Å². The highest BCUT2D eigenvalue weighted by Crippen LogP contribution is 2.14. The van der Waals surface area contributed by atoms with Crippen LogP contribution in [-0.4, -0.2) is 28.0 Å². The van der Waals surface area contributed by atoms with Crippen molar-refractivity contribution >= 4 is 11.9 Å². The Hall–Kier alpha value is -1.56. The molecule has 6 heteroatoms. The van der Waals surface area contributed by atoms with Gasteiger partial charge < -0.3 is 10.1 Å². The third kappa shape index (κ3) is 3.46. The molecule has 1 amide bonds.